The Kier molecular flexibility index (Phi) is 9.29. The number of rotatable bonds is 11. The third-order valence-electron chi connectivity index (χ3n) is 6.17. The first-order valence-electron chi connectivity index (χ1n) is 11.8. The lowest BCUT2D eigenvalue weighted by Crippen LogP contribution is -2.07. The van der Waals surface area contributed by atoms with Gasteiger partial charge in [-0.25, -0.2) is 0 Å². The van der Waals surface area contributed by atoms with Crippen LogP contribution in [0.2, 0.25) is 0 Å². The summed E-state index contributed by atoms with van der Waals surface area (Å²) in [6.07, 6.45) is 6.68. The van der Waals surface area contributed by atoms with Crippen LogP contribution in [-0.2, 0) is 25.0 Å². The summed E-state index contributed by atoms with van der Waals surface area (Å²) in [4.78, 5) is 0. The minimum absolute atomic E-state index is 0.548. The number of thioether (sulfide) groups is 1. The third kappa shape index (κ3) is 6.65. The molecule has 1 unspecified atom stereocenters. The highest BCUT2D eigenvalue weighted by Crippen LogP contribution is 2.31. The molecular formula is C30H38OS. The molecule has 1 atom stereocenters. The second-order valence-corrected chi connectivity index (χ2v) is 10.2. The van der Waals surface area contributed by atoms with Crippen molar-refractivity contribution in [1.29, 1.82) is 0 Å². The van der Waals surface area contributed by atoms with Crippen molar-refractivity contribution in [1.82, 2.24) is 0 Å². The van der Waals surface area contributed by atoms with Crippen LogP contribution in [0, 0.1) is 11.8 Å². The highest BCUT2D eigenvalue weighted by molar-refractivity contribution is 7.97. The van der Waals surface area contributed by atoms with E-state index in [2.05, 4.69) is 93.8 Å². The monoisotopic (exact) mass is 446 g/mol. The summed E-state index contributed by atoms with van der Waals surface area (Å²) in [7, 11) is 1.75. The summed E-state index contributed by atoms with van der Waals surface area (Å²) in [5.41, 5.74) is 8.57. The van der Waals surface area contributed by atoms with Crippen LogP contribution in [0.15, 0.2) is 66.7 Å². The van der Waals surface area contributed by atoms with Crippen LogP contribution < -0.4 is 4.74 Å². The van der Waals surface area contributed by atoms with Crippen molar-refractivity contribution in [2.75, 3.05) is 13.4 Å². The van der Waals surface area contributed by atoms with Gasteiger partial charge in [-0.05, 0) is 89.3 Å². The van der Waals surface area contributed by atoms with Crippen LogP contribution in [0.3, 0.4) is 0 Å². The molecule has 3 aromatic carbocycles. The van der Waals surface area contributed by atoms with Gasteiger partial charge in [0.1, 0.15) is 5.75 Å². The van der Waals surface area contributed by atoms with Crippen molar-refractivity contribution < 1.29 is 4.74 Å². The number of hydrogen-bond acceptors (Lipinski definition) is 2. The van der Waals surface area contributed by atoms with Crippen molar-refractivity contribution in [2.45, 2.75) is 52.2 Å². The number of ether oxygens (including phenoxy) is 1. The van der Waals surface area contributed by atoms with Crippen molar-refractivity contribution in [3.05, 3.63) is 89.0 Å². The van der Waals surface area contributed by atoms with E-state index in [0.717, 1.165) is 36.7 Å². The van der Waals surface area contributed by atoms with Gasteiger partial charge in [0.05, 0.1) is 7.11 Å². The molecule has 2 heteroatoms. The van der Waals surface area contributed by atoms with Gasteiger partial charge in [0, 0.05) is 5.75 Å². The van der Waals surface area contributed by atoms with Crippen molar-refractivity contribution in [3.63, 3.8) is 0 Å². The fraction of sp³-hybridized carbons (Fsp3) is 0.400. The summed E-state index contributed by atoms with van der Waals surface area (Å²) in [6, 6.07) is 24.5. The Bertz CT molecular complexity index is 992. The van der Waals surface area contributed by atoms with E-state index in [1.807, 2.05) is 11.8 Å². The maximum Gasteiger partial charge on any atom is 0.119 e. The largest absolute Gasteiger partial charge is 0.497 e. The molecule has 0 aliphatic heterocycles. The first-order valence-corrected chi connectivity index (χ1v) is 13.2. The number of benzene rings is 3. The Hall–Kier alpha value is -2.19. The molecule has 0 saturated carbocycles. The van der Waals surface area contributed by atoms with Crippen LogP contribution in [0.5, 0.6) is 5.75 Å². The van der Waals surface area contributed by atoms with E-state index in [0.29, 0.717) is 5.92 Å². The van der Waals surface area contributed by atoms with Gasteiger partial charge in [-0.15, -0.1) is 0 Å². The van der Waals surface area contributed by atoms with Crippen LogP contribution in [-0.4, -0.2) is 13.4 Å². The summed E-state index contributed by atoms with van der Waals surface area (Å²) in [5, 5.41) is 0. The van der Waals surface area contributed by atoms with Gasteiger partial charge in [0.2, 0.25) is 0 Å². The fourth-order valence-electron chi connectivity index (χ4n) is 4.44. The molecule has 32 heavy (non-hydrogen) atoms. The normalized spacial score (nSPS) is 12.2. The smallest absolute Gasteiger partial charge is 0.119 e. The lowest BCUT2D eigenvalue weighted by Gasteiger charge is -2.19. The quantitative estimate of drug-likeness (QED) is 0.293. The zero-order valence-corrected chi connectivity index (χ0v) is 21.2. The van der Waals surface area contributed by atoms with Gasteiger partial charge in [0.25, 0.3) is 0 Å². The molecular weight excluding hydrogens is 408 g/mol. The first kappa shape index (κ1) is 24.5. The molecule has 1 nitrogen and oxygen atoms in total. The van der Waals surface area contributed by atoms with Crippen molar-refractivity contribution >= 4 is 11.8 Å². The van der Waals surface area contributed by atoms with Crippen molar-refractivity contribution in [3.8, 4) is 16.9 Å². The summed E-state index contributed by atoms with van der Waals surface area (Å²) >= 11 is 1.88. The number of aryl methyl sites for hydroxylation is 1. The molecule has 0 radical (unpaired) electrons. The Morgan fingerprint density at radius 3 is 2.03 bits per heavy atom. The second-order valence-electron chi connectivity index (χ2n) is 9.33. The van der Waals surface area contributed by atoms with Crippen LogP contribution >= 0.6 is 11.8 Å². The Morgan fingerprint density at radius 1 is 0.750 bits per heavy atom. The molecule has 3 rings (SSSR count). The zero-order chi connectivity index (χ0) is 22.9. The lowest BCUT2D eigenvalue weighted by molar-refractivity contribution is 0.413. The topological polar surface area (TPSA) is 9.23 Å². The molecule has 3 aromatic rings. The Morgan fingerprint density at radius 2 is 1.38 bits per heavy atom. The molecule has 0 aliphatic carbocycles. The number of hydrogen-bond donors (Lipinski definition) is 0. The molecule has 0 saturated heterocycles. The van der Waals surface area contributed by atoms with Gasteiger partial charge in [-0.2, -0.15) is 11.8 Å². The summed E-state index contributed by atoms with van der Waals surface area (Å²) < 4.78 is 5.51. The first-order chi connectivity index (χ1) is 15.5. The standard InChI is InChI=1S/C30H38OS/c1-22(2)14-15-24-10-6-8-12-29(24)30-13-9-7-11-25(30)18-23(3)19-27-20-28(31-4)17-16-26(27)21-32-5/h6-13,16-17,20,22-23H,14-15,18-19,21H2,1-5H3. The molecule has 0 heterocycles. The van der Waals surface area contributed by atoms with Gasteiger partial charge in [-0.3, -0.25) is 0 Å². The van der Waals surface area contributed by atoms with E-state index in [4.69, 9.17) is 4.74 Å². The highest BCUT2D eigenvalue weighted by Gasteiger charge is 2.14. The maximum absolute atomic E-state index is 5.51. The molecule has 0 spiro atoms. The second kappa shape index (κ2) is 12.2. The average molecular weight is 447 g/mol. The van der Waals surface area contributed by atoms with Crippen LogP contribution in [0.25, 0.3) is 11.1 Å². The summed E-state index contributed by atoms with van der Waals surface area (Å²) in [5.74, 6) is 3.27. The van der Waals surface area contributed by atoms with Crippen molar-refractivity contribution in [2.24, 2.45) is 11.8 Å². The molecule has 0 fully saturated rings. The van der Waals surface area contributed by atoms with Gasteiger partial charge >= 0.3 is 0 Å². The lowest BCUT2D eigenvalue weighted by atomic mass is 9.86. The average Bonchev–Trinajstić information content (AvgIpc) is 2.79. The molecule has 0 aromatic heterocycles. The van der Waals surface area contributed by atoms with Gasteiger partial charge in [-0.1, -0.05) is 75.4 Å². The number of methoxy groups -OCH3 is 1. The third-order valence-corrected chi connectivity index (χ3v) is 6.77. The Labute approximate surface area is 199 Å². The van der Waals surface area contributed by atoms with Crippen LogP contribution in [0.1, 0.15) is 49.4 Å². The minimum atomic E-state index is 0.548. The van der Waals surface area contributed by atoms with E-state index in [-0.39, 0.29) is 0 Å². The predicted octanol–water partition coefficient (Wildman–Crippen LogP) is 8.24. The SMILES string of the molecule is COc1ccc(CSC)c(CC(C)Cc2ccccc2-c2ccccc2CCC(C)C)c1. The molecule has 170 valence electrons. The molecule has 0 N–H and O–H groups in total. The molecule has 0 aliphatic rings. The maximum atomic E-state index is 5.51. The van der Waals surface area contributed by atoms with E-state index >= 15 is 0 Å². The zero-order valence-electron chi connectivity index (χ0n) is 20.4. The molecule has 0 bridgehead atoms. The van der Waals surface area contributed by atoms with Gasteiger partial charge < -0.3 is 4.74 Å². The Balaban J connectivity index is 1.84. The molecule has 0 amide bonds. The predicted molar refractivity (Wildman–Crippen MR) is 142 cm³/mol. The van der Waals surface area contributed by atoms with Gasteiger partial charge in [0.15, 0.2) is 0 Å². The summed E-state index contributed by atoms with van der Waals surface area (Å²) in [6.45, 7) is 6.99. The van der Waals surface area contributed by atoms with E-state index in [1.165, 1.54) is 39.8 Å². The minimum Gasteiger partial charge on any atom is -0.497 e. The van der Waals surface area contributed by atoms with E-state index in [9.17, 15) is 0 Å². The van der Waals surface area contributed by atoms with E-state index in [1.54, 1.807) is 7.11 Å². The van der Waals surface area contributed by atoms with E-state index < -0.39 is 0 Å². The fourth-order valence-corrected chi connectivity index (χ4v) is 5.04. The van der Waals surface area contributed by atoms with Crippen LogP contribution in [0.4, 0.5) is 0 Å². The highest BCUT2D eigenvalue weighted by atomic mass is 32.2.